The summed E-state index contributed by atoms with van der Waals surface area (Å²) >= 11 is 1.37. The molecule has 0 unspecified atom stereocenters. The zero-order valence-corrected chi connectivity index (χ0v) is 8.91. The van der Waals surface area contributed by atoms with E-state index in [9.17, 15) is 4.79 Å². The van der Waals surface area contributed by atoms with E-state index in [-0.39, 0.29) is 0 Å². The summed E-state index contributed by atoms with van der Waals surface area (Å²) in [4.78, 5) is 14.9. The summed E-state index contributed by atoms with van der Waals surface area (Å²) in [5, 5.41) is 9.38. The summed E-state index contributed by atoms with van der Waals surface area (Å²) in [5.41, 5.74) is 7.16. The molecule has 2 aromatic rings. The number of carboxylic acids is 1. The zero-order chi connectivity index (χ0) is 11.0. The fraction of sp³-hybridized carbons (Fsp3) is 0.200. The Bertz CT molecular complexity index is 521. The van der Waals surface area contributed by atoms with Gasteiger partial charge >= 0.3 is 5.97 Å². The lowest BCUT2D eigenvalue weighted by Crippen LogP contribution is -2.06. The van der Waals surface area contributed by atoms with Crippen LogP contribution in [0.5, 0.6) is 0 Å². The molecule has 1 aromatic heterocycles. The van der Waals surface area contributed by atoms with E-state index in [0.717, 1.165) is 15.8 Å². The van der Waals surface area contributed by atoms with E-state index in [1.807, 2.05) is 6.07 Å². The highest BCUT2D eigenvalue weighted by Crippen LogP contribution is 2.27. The molecule has 0 aliphatic heterocycles. The number of aromatic nitrogens is 1. The van der Waals surface area contributed by atoms with Gasteiger partial charge in [0.05, 0.1) is 16.1 Å². The van der Waals surface area contributed by atoms with E-state index in [1.165, 1.54) is 11.3 Å². The third kappa shape index (κ3) is 1.78. The van der Waals surface area contributed by atoms with Gasteiger partial charge in [0, 0.05) is 0 Å². The highest BCUT2D eigenvalue weighted by atomic mass is 32.1. The van der Waals surface area contributed by atoms with Crippen LogP contribution in [0, 0.1) is 0 Å². The second kappa shape index (κ2) is 3.51. The van der Waals surface area contributed by atoms with E-state index < -0.39 is 11.9 Å². The molecular formula is C10H10N2O2S. The summed E-state index contributed by atoms with van der Waals surface area (Å²) in [5.74, 6) is -1.33. The highest BCUT2D eigenvalue weighted by molar-refractivity contribution is 7.22. The van der Waals surface area contributed by atoms with Crippen LogP contribution in [0.4, 0.5) is 5.13 Å². The lowest BCUT2D eigenvalue weighted by atomic mass is 10.0. The Morgan fingerprint density at radius 2 is 2.33 bits per heavy atom. The predicted octanol–water partition coefficient (Wildman–Crippen LogP) is 2.07. The summed E-state index contributed by atoms with van der Waals surface area (Å²) in [6.07, 6.45) is 0. The smallest absolute Gasteiger partial charge is 0.310 e. The molecule has 2 rings (SSSR count). The van der Waals surface area contributed by atoms with Crippen molar-refractivity contribution in [3.63, 3.8) is 0 Å². The van der Waals surface area contributed by atoms with E-state index in [2.05, 4.69) is 4.98 Å². The van der Waals surface area contributed by atoms with Crippen molar-refractivity contribution in [3.05, 3.63) is 23.8 Å². The van der Waals surface area contributed by atoms with Crippen LogP contribution in [0.15, 0.2) is 18.2 Å². The van der Waals surface area contributed by atoms with Gasteiger partial charge in [-0.05, 0) is 24.6 Å². The number of fused-ring (bicyclic) bond motifs is 1. The maximum atomic E-state index is 10.8. The molecule has 0 bridgehead atoms. The van der Waals surface area contributed by atoms with Crippen molar-refractivity contribution in [1.29, 1.82) is 0 Å². The normalized spacial score (nSPS) is 12.9. The Morgan fingerprint density at radius 3 is 3.00 bits per heavy atom. The van der Waals surface area contributed by atoms with Crippen molar-refractivity contribution in [2.45, 2.75) is 12.8 Å². The van der Waals surface area contributed by atoms with Crippen molar-refractivity contribution in [1.82, 2.24) is 4.98 Å². The maximum absolute atomic E-state index is 10.8. The molecule has 3 N–H and O–H groups in total. The average Bonchev–Trinajstić information content (AvgIpc) is 2.55. The number of hydrogen-bond acceptors (Lipinski definition) is 4. The quantitative estimate of drug-likeness (QED) is 0.815. The lowest BCUT2D eigenvalue weighted by molar-refractivity contribution is -0.138. The van der Waals surface area contributed by atoms with Gasteiger partial charge in [-0.25, -0.2) is 4.98 Å². The van der Waals surface area contributed by atoms with Gasteiger partial charge in [0.1, 0.15) is 0 Å². The number of carboxylic acid groups (broad SMARTS) is 1. The number of nitrogen functional groups attached to an aromatic ring is 1. The van der Waals surface area contributed by atoms with Crippen molar-refractivity contribution in [2.24, 2.45) is 0 Å². The van der Waals surface area contributed by atoms with Crippen molar-refractivity contribution < 1.29 is 9.90 Å². The topological polar surface area (TPSA) is 76.2 Å². The molecule has 15 heavy (non-hydrogen) atoms. The van der Waals surface area contributed by atoms with Crippen LogP contribution in [0.1, 0.15) is 18.4 Å². The molecule has 1 aromatic carbocycles. The van der Waals surface area contributed by atoms with E-state index in [1.54, 1.807) is 19.1 Å². The fourth-order valence-corrected chi connectivity index (χ4v) is 2.15. The summed E-state index contributed by atoms with van der Waals surface area (Å²) in [6, 6.07) is 5.42. The Labute approximate surface area is 90.4 Å². The summed E-state index contributed by atoms with van der Waals surface area (Å²) in [6.45, 7) is 1.66. The van der Waals surface area contributed by atoms with Crippen LogP contribution in [0.3, 0.4) is 0 Å². The molecule has 78 valence electrons. The molecule has 0 radical (unpaired) electrons. The number of hydrogen-bond donors (Lipinski definition) is 2. The number of nitrogens with zero attached hydrogens (tertiary/aromatic N) is 1. The predicted molar refractivity (Wildman–Crippen MR) is 60.1 cm³/mol. The van der Waals surface area contributed by atoms with Gasteiger partial charge in [-0.2, -0.15) is 0 Å². The standard InChI is InChI=1S/C10H10N2O2S/c1-5(9(13)14)6-2-3-7-8(4-6)15-10(11)12-7/h2-5H,1H3,(H2,11,12)(H,13,14)/t5-/m1/s1. The molecule has 0 spiro atoms. The maximum Gasteiger partial charge on any atom is 0.310 e. The minimum absolute atomic E-state index is 0.502. The molecule has 4 nitrogen and oxygen atoms in total. The van der Waals surface area contributed by atoms with E-state index >= 15 is 0 Å². The third-order valence-corrected chi connectivity index (χ3v) is 3.15. The largest absolute Gasteiger partial charge is 0.481 e. The third-order valence-electron chi connectivity index (χ3n) is 2.30. The molecule has 0 fully saturated rings. The van der Waals surface area contributed by atoms with Crippen LogP contribution < -0.4 is 5.73 Å². The second-order valence-electron chi connectivity index (χ2n) is 3.34. The first-order chi connectivity index (χ1) is 7.08. The second-order valence-corrected chi connectivity index (χ2v) is 4.40. The molecule has 0 saturated heterocycles. The number of carbonyl (C=O) groups is 1. The number of thiazole rings is 1. The van der Waals surface area contributed by atoms with Crippen LogP contribution >= 0.6 is 11.3 Å². The lowest BCUT2D eigenvalue weighted by Gasteiger charge is -2.05. The zero-order valence-electron chi connectivity index (χ0n) is 8.10. The van der Waals surface area contributed by atoms with E-state index in [4.69, 9.17) is 10.8 Å². The Hall–Kier alpha value is -1.62. The monoisotopic (exact) mass is 222 g/mol. The minimum atomic E-state index is -0.827. The molecule has 0 aliphatic carbocycles. The average molecular weight is 222 g/mol. The number of benzene rings is 1. The van der Waals surface area contributed by atoms with Crippen LogP contribution in [0.2, 0.25) is 0 Å². The van der Waals surface area contributed by atoms with Crippen LogP contribution in [0.25, 0.3) is 10.2 Å². The first kappa shape index (κ1) is 9.92. The molecule has 0 amide bonds. The molecule has 1 heterocycles. The minimum Gasteiger partial charge on any atom is -0.481 e. The van der Waals surface area contributed by atoms with Gasteiger partial charge in [0.2, 0.25) is 0 Å². The summed E-state index contributed by atoms with van der Waals surface area (Å²) in [7, 11) is 0. The van der Waals surface area contributed by atoms with Crippen LogP contribution in [-0.2, 0) is 4.79 Å². The van der Waals surface area contributed by atoms with Crippen molar-refractivity contribution >= 4 is 32.7 Å². The molecular weight excluding hydrogens is 212 g/mol. The van der Waals surface area contributed by atoms with Gasteiger partial charge in [0.15, 0.2) is 5.13 Å². The van der Waals surface area contributed by atoms with Gasteiger partial charge in [-0.3, -0.25) is 4.79 Å². The number of rotatable bonds is 2. The van der Waals surface area contributed by atoms with Crippen LogP contribution in [-0.4, -0.2) is 16.1 Å². The van der Waals surface area contributed by atoms with E-state index in [0.29, 0.717) is 5.13 Å². The number of nitrogens with two attached hydrogens (primary N) is 1. The first-order valence-corrected chi connectivity index (χ1v) is 5.28. The van der Waals surface area contributed by atoms with Gasteiger partial charge < -0.3 is 10.8 Å². The Morgan fingerprint density at radius 1 is 1.60 bits per heavy atom. The van der Waals surface area contributed by atoms with Crippen molar-refractivity contribution in [3.8, 4) is 0 Å². The van der Waals surface area contributed by atoms with Gasteiger partial charge in [0.25, 0.3) is 0 Å². The summed E-state index contributed by atoms with van der Waals surface area (Å²) < 4.78 is 0.929. The van der Waals surface area contributed by atoms with Gasteiger partial charge in [-0.1, -0.05) is 17.4 Å². The molecule has 0 aliphatic rings. The highest BCUT2D eigenvalue weighted by Gasteiger charge is 2.14. The Balaban J connectivity index is 2.50. The Kier molecular flexibility index (Phi) is 2.32. The van der Waals surface area contributed by atoms with Gasteiger partial charge in [-0.15, -0.1) is 0 Å². The molecule has 1 atom stereocenters. The SMILES string of the molecule is C[C@@H](C(=O)O)c1ccc2nc(N)sc2c1. The number of anilines is 1. The molecule has 5 heteroatoms. The fourth-order valence-electron chi connectivity index (χ4n) is 1.37. The van der Waals surface area contributed by atoms with Crippen molar-refractivity contribution in [2.75, 3.05) is 5.73 Å². The number of aliphatic carboxylic acids is 1. The first-order valence-electron chi connectivity index (χ1n) is 4.46. The molecule has 0 saturated carbocycles.